The van der Waals surface area contributed by atoms with Crippen molar-refractivity contribution in [3.8, 4) is 0 Å². The van der Waals surface area contributed by atoms with E-state index in [9.17, 15) is 4.79 Å². The Morgan fingerprint density at radius 3 is 2.50 bits per heavy atom. The van der Waals surface area contributed by atoms with E-state index in [1.165, 1.54) is 4.88 Å². The number of carbonyl (C=O) groups is 1. The van der Waals surface area contributed by atoms with E-state index in [1.807, 2.05) is 41.8 Å². The quantitative estimate of drug-likeness (QED) is 0.851. The zero-order valence-electron chi connectivity index (χ0n) is 11.8. The lowest BCUT2D eigenvalue weighted by Gasteiger charge is -2.21. The molecule has 3 nitrogen and oxygen atoms in total. The van der Waals surface area contributed by atoms with E-state index in [-0.39, 0.29) is 11.9 Å². The summed E-state index contributed by atoms with van der Waals surface area (Å²) in [4.78, 5) is 13.3. The first-order valence-electron chi connectivity index (χ1n) is 6.78. The number of benzene rings is 1. The van der Waals surface area contributed by atoms with E-state index in [4.69, 9.17) is 0 Å². The number of anilines is 1. The summed E-state index contributed by atoms with van der Waals surface area (Å²) in [6.07, 6.45) is 0. The van der Waals surface area contributed by atoms with Gasteiger partial charge in [0, 0.05) is 10.6 Å². The Balaban J connectivity index is 1.89. The summed E-state index contributed by atoms with van der Waals surface area (Å²) >= 11 is 1.68. The summed E-state index contributed by atoms with van der Waals surface area (Å²) in [5.74, 6) is 0.385. The predicted molar refractivity (Wildman–Crippen MR) is 85.0 cm³/mol. The average Bonchev–Trinajstić information content (AvgIpc) is 2.97. The third kappa shape index (κ3) is 4.10. The van der Waals surface area contributed by atoms with Crippen molar-refractivity contribution in [3.63, 3.8) is 0 Å². The molecule has 0 fully saturated rings. The Hall–Kier alpha value is -1.81. The lowest BCUT2D eigenvalue weighted by molar-refractivity contribution is -0.120. The maximum Gasteiger partial charge on any atom is 0.239 e. The minimum atomic E-state index is 0.0148. The van der Waals surface area contributed by atoms with Gasteiger partial charge in [0.15, 0.2) is 0 Å². The van der Waals surface area contributed by atoms with Gasteiger partial charge in [-0.15, -0.1) is 11.3 Å². The summed E-state index contributed by atoms with van der Waals surface area (Å²) in [5.41, 5.74) is 0.958. The predicted octanol–water partition coefficient (Wildman–Crippen LogP) is 3.67. The molecular weight excluding hydrogens is 268 g/mol. The number of amides is 1. The molecule has 0 aliphatic carbocycles. The van der Waals surface area contributed by atoms with Crippen LogP contribution in [0.25, 0.3) is 0 Å². The fourth-order valence-electron chi connectivity index (χ4n) is 2.00. The second kappa shape index (κ2) is 7.10. The maximum absolute atomic E-state index is 12.1. The van der Waals surface area contributed by atoms with Crippen LogP contribution in [0.3, 0.4) is 0 Å². The van der Waals surface area contributed by atoms with Gasteiger partial charge >= 0.3 is 0 Å². The highest BCUT2D eigenvalue weighted by Crippen LogP contribution is 2.25. The highest BCUT2D eigenvalue weighted by Gasteiger charge is 2.18. The van der Waals surface area contributed by atoms with Crippen molar-refractivity contribution >= 4 is 22.9 Å². The van der Waals surface area contributed by atoms with Crippen molar-refractivity contribution < 1.29 is 4.79 Å². The summed E-state index contributed by atoms with van der Waals surface area (Å²) in [7, 11) is 0. The van der Waals surface area contributed by atoms with Gasteiger partial charge in [0.25, 0.3) is 0 Å². The van der Waals surface area contributed by atoms with Gasteiger partial charge in [-0.3, -0.25) is 4.79 Å². The first-order valence-corrected chi connectivity index (χ1v) is 7.66. The first kappa shape index (κ1) is 14.6. The van der Waals surface area contributed by atoms with Gasteiger partial charge in [0.2, 0.25) is 5.91 Å². The van der Waals surface area contributed by atoms with Crippen molar-refractivity contribution in [2.24, 2.45) is 5.92 Å². The minimum absolute atomic E-state index is 0.0148. The van der Waals surface area contributed by atoms with Crippen LogP contribution >= 0.6 is 11.3 Å². The van der Waals surface area contributed by atoms with E-state index in [0.29, 0.717) is 12.5 Å². The molecule has 0 spiro atoms. The van der Waals surface area contributed by atoms with E-state index in [2.05, 4.69) is 30.5 Å². The van der Waals surface area contributed by atoms with Crippen molar-refractivity contribution in [3.05, 3.63) is 52.7 Å². The molecule has 0 bridgehead atoms. The van der Waals surface area contributed by atoms with Gasteiger partial charge in [-0.05, 0) is 29.5 Å². The van der Waals surface area contributed by atoms with E-state index < -0.39 is 0 Å². The van der Waals surface area contributed by atoms with E-state index in [0.717, 1.165) is 5.69 Å². The van der Waals surface area contributed by atoms with Crippen molar-refractivity contribution in [1.82, 2.24) is 5.32 Å². The van der Waals surface area contributed by atoms with Gasteiger partial charge in [0.1, 0.15) is 0 Å². The third-order valence-corrected chi connectivity index (χ3v) is 4.02. The van der Waals surface area contributed by atoms with Gasteiger partial charge in [-0.25, -0.2) is 0 Å². The molecule has 1 atom stereocenters. The van der Waals surface area contributed by atoms with Crippen LogP contribution in [0.5, 0.6) is 0 Å². The molecule has 4 heteroatoms. The molecule has 1 aromatic carbocycles. The monoisotopic (exact) mass is 288 g/mol. The molecule has 0 radical (unpaired) electrons. The second-order valence-electron chi connectivity index (χ2n) is 5.02. The molecule has 1 heterocycles. The standard InChI is InChI=1S/C16H20N2OS/c1-12(2)16(14-9-6-10-20-14)18-15(19)11-17-13-7-4-3-5-8-13/h3-10,12,16-17H,11H2,1-2H3,(H,18,19). The molecule has 2 N–H and O–H groups in total. The van der Waals surface area contributed by atoms with E-state index >= 15 is 0 Å². The second-order valence-corrected chi connectivity index (χ2v) is 6.00. The number of hydrogen-bond donors (Lipinski definition) is 2. The summed E-state index contributed by atoms with van der Waals surface area (Å²) < 4.78 is 0. The Morgan fingerprint density at radius 2 is 1.90 bits per heavy atom. The first-order chi connectivity index (χ1) is 9.66. The Labute approximate surface area is 124 Å². The van der Waals surface area contributed by atoms with Crippen molar-refractivity contribution in [2.75, 3.05) is 11.9 Å². The zero-order chi connectivity index (χ0) is 14.4. The van der Waals surface area contributed by atoms with Gasteiger partial charge in [-0.1, -0.05) is 38.1 Å². The number of carbonyl (C=O) groups excluding carboxylic acids is 1. The fourth-order valence-corrected chi connectivity index (χ4v) is 2.95. The van der Waals surface area contributed by atoms with Gasteiger partial charge in [0.05, 0.1) is 12.6 Å². The maximum atomic E-state index is 12.1. The highest BCUT2D eigenvalue weighted by atomic mass is 32.1. The van der Waals surface area contributed by atoms with Crippen LogP contribution < -0.4 is 10.6 Å². The molecule has 1 amide bonds. The molecule has 0 saturated heterocycles. The smallest absolute Gasteiger partial charge is 0.239 e. The van der Waals surface area contributed by atoms with Crippen LogP contribution in [0, 0.1) is 5.92 Å². The third-order valence-electron chi connectivity index (χ3n) is 3.06. The highest BCUT2D eigenvalue weighted by molar-refractivity contribution is 7.10. The number of thiophene rings is 1. The van der Waals surface area contributed by atoms with Crippen molar-refractivity contribution in [2.45, 2.75) is 19.9 Å². The van der Waals surface area contributed by atoms with Crippen LogP contribution in [0.4, 0.5) is 5.69 Å². The molecule has 1 aromatic heterocycles. The molecule has 106 valence electrons. The average molecular weight is 288 g/mol. The van der Waals surface area contributed by atoms with Crippen LogP contribution in [0.15, 0.2) is 47.8 Å². The van der Waals surface area contributed by atoms with Gasteiger partial charge < -0.3 is 10.6 Å². The molecule has 1 unspecified atom stereocenters. The zero-order valence-corrected chi connectivity index (χ0v) is 12.6. The van der Waals surface area contributed by atoms with E-state index in [1.54, 1.807) is 11.3 Å². The summed E-state index contributed by atoms with van der Waals surface area (Å²) in [6, 6.07) is 13.9. The Kier molecular flexibility index (Phi) is 5.18. The summed E-state index contributed by atoms with van der Waals surface area (Å²) in [5, 5.41) is 8.26. The summed E-state index contributed by atoms with van der Waals surface area (Å²) in [6.45, 7) is 4.53. The molecule has 20 heavy (non-hydrogen) atoms. The largest absolute Gasteiger partial charge is 0.376 e. The molecule has 0 aliphatic heterocycles. The van der Waals surface area contributed by atoms with Crippen LogP contribution in [0.1, 0.15) is 24.8 Å². The van der Waals surface area contributed by atoms with Crippen LogP contribution in [-0.2, 0) is 4.79 Å². The fraction of sp³-hybridized carbons (Fsp3) is 0.312. The Bertz CT molecular complexity index is 523. The van der Waals surface area contributed by atoms with Crippen LogP contribution in [0.2, 0.25) is 0 Å². The number of rotatable bonds is 6. The van der Waals surface area contributed by atoms with Gasteiger partial charge in [-0.2, -0.15) is 0 Å². The molecular formula is C16H20N2OS. The lowest BCUT2D eigenvalue weighted by atomic mass is 10.0. The lowest BCUT2D eigenvalue weighted by Crippen LogP contribution is -2.35. The minimum Gasteiger partial charge on any atom is -0.376 e. The number of para-hydroxylation sites is 1. The number of nitrogens with one attached hydrogen (secondary N) is 2. The molecule has 2 aromatic rings. The molecule has 0 aliphatic rings. The van der Waals surface area contributed by atoms with Crippen LogP contribution in [-0.4, -0.2) is 12.5 Å². The molecule has 2 rings (SSSR count). The SMILES string of the molecule is CC(C)C(NC(=O)CNc1ccccc1)c1cccs1. The molecule has 0 saturated carbocycles. The number of hydrogen-bond acceptors (Lipinski definition) is 3. The normalized spacial score (nSPS) is 12.2. The topological polar surface area (TPSA) is 41.1 Å². The van der Waals surface area contributed by atoms with Crippen molar-refractivity contribution in [1.29, 1.82) is 0 Å². The Morgan fingerprint density at radius 1 is 1.15 bits per heavy atom.